The molecule has 1 N–H and O–H groups in total. The van der Waals surface area contributed by atoms with Crippen LogP contribution in [-0.4, -0.2) is 13.2 Å². The Kier molecular flexibility index (Phi) is 4.44. The number of nitrogens with one attached hydrogen (secondary N) is 1. The molecule has 0 heterocycles. The normalized spacial score (nSPS) is 11.6. The first-order valence-corrected chi connectivity index (χ1v) is 5.50. The molecule has 0 aliphatic heterocycles. The quantitative estimate of drug-likeness (QED) is 0.913. The molecule has 4 heteroatoms. The molecule has 0 saturated carbocycles. The number of ether oxygens (including phenoxy) is 1. The van der Waals surface area contributed by atoms with Gasteiger partial charge in [-0.15, -0.1) is 0 Å². The largest absolute Gasteiger partial charge is 0.495 e. The average Bonchev–Trinajstić information content (AvgIpc) is 2.26. The van der Waals surface area contributed by atoms with Crippen molar-refractivity contribution in [1.82, 2.24) is 0 Å². The van der Waals surface area contributed by atoms with E-state index in [2.05, 4.69) is 27.3 Å². The number of hydrogen-bond acceptors (Lipinski definition) is 3. The third-order valence-corrected chi connectivity index (χ3v) is 2.55. The molecule has 0 radical (unpaired) electrons. The number of hydrogen-bond donors (Lipinski definition) is 1. The third kappa shape index (κ3) is 3.14. The fourth-order valence-electron chi connectivity index (χ4n) is 1.21. The standard InChI is InChI=1S/C11H13BrN2O/c1-3-9(7-13)14-10-6-8(12)4-5-11(10)15-2/h4-6,9,14H,3H2,1-2H3. The zero-order chi connectivity index (χ0) is 11.3. The molecule has 3 nitrogen and oxygen atoms in total. The van der Waals surface area contributed by atoms with Crippen molar-refractivity contribution in [3.8, 4) is 11.8 Å². The van der Waals surface area contributed by atoms with Gasteiger partial charge in [-0.2, -0.15) is 5.26 Å². The maximum atomic E-state index is 8.86. The van der Waals surface area contributed by atoms with Crippen LogP contribution in [0.3, 0.4) is 0 Å². The van der Waals surface area contributed by atoms with Crippen LogP contribution in [0.2, 0.25) is 0 Å². The van der Waals surface area contributed by atoms with Crippen molar-refractivity contribution in [2.75, 3.05) is 12.4 Å². The van der Waals surface area contributed by atoms with E-state index in [1.165, 1.54) is 0 Å². The van der Waals surface area contributed by atoms with E-state index in [0.717, 1.165) is 22.3 Å². The first kappa shape index (κ1) is 11.9. The number of anilines is 1. The number of nitrogens with zero attached hydrogens (tertiary/aromatic N) is 1. The van der Waals surface area contributed by atoms with Gasteiger partial charge >= 0.3 is 0 Å². The lowest BCUT2D eigenvalue weighted by atomic mass is 10.2. The summed E-state index contributed by atoms with van der Waals surface area (Å²) in [5.41, 5.74) is 0.834. The van der Waals surface area contributed by atoms with Gasteiger partial charge in [-0.1, -0.05) is 22.9 Å². The molecular weight excluding hydrogens is 256 g/mol. The fourth-order valence-corrected chi connectivity index (χ4v) is 1.57. The minimum atomic E-state index is -0.187. The summed E-state index contributed by atoms with van der Waals surface area (Å²) in [5, 5.41) is 12.0. The highest BCUT2D eigenvalue weighted by atomic mass is 79.9. The van der Waals surface area contributed by atoms with Gasteiger partial charge in [0.2, 0.25) is 0 Å². The van der Waals surface area contributed by atoms with Gasteiger partial charge in [0.25, 0.3) is 0 Å². The molecule has 0 fully saturated rings. The first-order chi connectivity index (χ1) is 7.21. The Morgan fingerprint density at radius 3 is 2.87 bits per heavy atom. The smallest absolute Gasteiger partial charge is 0.142 e. The molecular formula is C11H13BrN2O. The SMILES string of the molecule is CCC(C#N)Nc1cc(Br)ccc1OC. The Labute approximate surface area is 98.2 Å². The number of benzene rings is 1. The molecule has 1 atom stereocenters. The molecule has 80 valence electrons. The van der Waals surface area contributed by atoms with Gasteiger partial charge in [0, 0.05) is 4.47 Å². The van der Waals surface area contributed by atoms with Crippen molar-refractivity contribution in [2.45, 2.75) is 19.4 Å². The van der Waals surface area contributed by atoms with Crippen molar-refractivity contribution in [1.29, 1.82) is 5.26 Å². The van der Waals surface area contributed by atoms with Gasteiger partial charge in [-0.3, -0.25) is 0 Å². The Morgan fingerprint density at radius 2 is 2.33 bits per heavy atom. The van der Waals surface area contributed by atoms with Crippen molar-refractivity contribution in [3.63, 3.8) is 0 Å². The van der Waals surface area contributed by atoms with Gasteiger partial charge in [0.1, 0.15) is 11.8 Å². The molecule has 1 unspecified atom stereocenters. The number of nitriles is 1. The Hall–Kier alpha value is -1.21. The van der Waals surface area contributed by atoms with Gasteiger partial charge in [-0.05, 0) is 24.6 Å². The van der Waals surface area contributed by atoms with E-state index in [9.17, 15) is 0 Å². The predicted octanol–water partition coefficient (Wildman–Crippen LogP) is 3.17. The van der Waals surface area contributed by atoms with Crippen LogP contribution in [0.1, 0.15) is 13.3 Å². The lowest BCUT2D eigenvalue weighted by molar-refractivity contribution is 0.416. The molecule has 1 aromatic carbocycles. The molecule has 0 aliphatic carbocycles. The summed E-state index contributed by atoms with van der Waals surface area (Å²) in [6.07, 6.45) is 0.756. The molecule has 0 saturated heterocycles. The fraction of sp³-hybridized carbons (Fsp3) is 0.364. The Balaban J connectivity index is 2.92. The second-order valence-electron chi connectivity index (χ2n) is 3.08. The molecule has 1 aromatic rings. The third-order valence-electron chi connectivity index (χ3n) is 2.06. The topological polar surface area (TPSA) is 45.0 Å². The van der Waals surface area contributed by atoms with Crippen LogP contribution < -0.4 is 10.1 Å². The summed E-state index contributed by atoms with van der Waals surface area (Å²) in [6.45, 7) is 1.96. The maximum absolute atomic E-state index is 8.86. The van der Waals surface area contributed by atoms with Crippen molar-refractivity contribution in [2.24, 2.45) is 0 Å². The van der Waals surface area contributed by atoms with Crippen molar-refractivity contribution >= 4 is 21.6 Å². The molecule has 0 bridgehead atoms. The van der Waals surface area contributed by atoms with Crippen LogP contribution in [0.4, 0.5) is 5.69 Å². The minimum absolute atomic E-state index is 0.187. The van der Waals surface area contributed by atoms with Gasteiger partial charge in [0.15, 0.2) is 0 Å². The second kappa shape index (κ2) is 5.62. The summed E-state index contributed by atoms with van der Waals surface area (Å²) in [5.74, 6) is 0.743. The van der Waals surface area contributed by atoms with Crippen molar-refractivity contribution in [3.05, 3.63) is 22.7 Å². The minimum Gasteiger partial charge on any atom is -0.495 e. The highest BCUT2D eigenvalue weighted by molar-refractivity contribution is 9.10. The van der Waals surface area contributed by atoms with E-state index < -0.39 is 0 Å². The lowest BCUT2D eigenvalue weighted by Crippen LogP contribution is -2.16. The van der Waals surface area contributed by atoms with E-state index in [4.69, 9.17) is 10.00 Å². The molecule has 0 amide bonds. The zero-order valence-electron chi connectivity index (χ0n) is 8.75. The van der Waals surface area contributed by atoms with Crippen LogP contribution in [0.15, 0.2) is 22.7 Å². The maximum Gasteiger partial charge on any atom is 0.142 e. The summed E-state index contributed by atoms with van der Waals surface area (Å²) in [6, 6.07) is 7.66. The summed E-state index contributed by atoms with van der Waals surface area (Å²) < 4.78 is 6.15. The van der Waals surface area contributed by atoms with E-state index in [1.807, 2.05) is 25.1 Å². The Morgan fingerprint density at radius 1 is 1.60 bits per heavy atom. The molecule has 15 heavy (non-hydrogen) atoms. The number of rotatable bonds is 4. The number of halogens is 1. The van der Waals surface area contributed by atoms with E-state index in [-0.39, 0.29) is 6.04 Å². The van der Waals surface area contributed by atoms with E-state index in [1.54, 1.807) is 7.11 Å². The summed E-state index contributed by atoms with van der Waals surface area (Å²) in [4.78, 5) is 0. The molecule has 0 aromatic heterocycles. The molecule has 1 rings (SSSR count). The predicted molar refractivity (Wildman–Crippen MR) is 64.0 cm³/mol. The lowest BCUT2D eigenvalue weighted by Gasteiger charge is -2.14. The zero-order valence-corrected chi connectivity index (χ0v) is 10.3. The Bertz CT molecular complexity index is 373. The molecule has 0 spiro atoms. The van der Waals surface area contributed by atoms with Crippen LogP contribution >= 0.6 is 15.9 Å². The number of methoxy groups -OCH3 is 1. The van der Waals surface area contributed by atoms with E-state index >= 15 is 0 Å². The van der Waals surface area contributed by atoms with Crippen molar-refractivity contribution < 1.29 is 4.74 Å². The average molecular weight is 269 g/mol. The first-order valence-electron chi connectivity index (χ1n) is 4.71. The monoisotopic (exact) mass is 268 g/mol. The van der Waals surface area contributed by atoms with Crippen LogP contribution in [0.5, 0.6) is 5.75 Å². The second-order valence-corrected chi connectivity index (χ2v) is 3.99. The summed E-state index contributed by atoms with van der Waals surface area (Å²) >= 11 is 3.38. The van der Waals surface area contributed by atoms with Gasteiger partial charge < -0.3 is 10.1 Å². The molecule has 0 aliphatic rings. The van der Waals surface area contributed by atoms with Gasteiger partial charge in [-0.25, -0.2) is 0 Å². The van der Waals surface area contributed by atoms with Crippen LogP contribution in [0, 0.1) is 11.3 Å². The van der Waals surface area contributed by atoms with Crippen LogP contribution in [0.25, 0.3) is 0 Å². The summed E-state index contributed by atoms with van der Waals surface area (Å²) in [7, 11) is 1.61. The van der Waals surface area contributed by atoms with E-state index in [0.29, 0.717) is 0 Å². The highest BCUT2D eigenvalue weighted by Crippen LogP contribution is 2.28. The highest BCUT2D eigenvalue weighted by Gasteiger charge is 2.08. The van der Waals surface area contributed by atoms with Gasteiger partial charge in [0.05, 0.1) is 18.9 Å². The van der Waals surface area contributed by atoms with Crippen LogP contribution in [-0.2, 0) is 0 Å².